The van der Waals surface area contributed by atoms with Gasteiger partial charge in [-0.05, 0) is 43.1 Å². The van der Waals surface area contributed by atoms with Crippen molar-refractivity contribution in [1.82, 2.24) is 15.3 Å². The highest BCUT2D eigenvalue weighted by molar-refractivity contribution is 5.89. The van der Waals surface area contributed by atoms with Crippen molar-refractivity contribution in [2.24, 2.45) is 0 Å². The molecule has 3 rings (SSSR count). The third-order valence-electron chi connectivity index (χ3n) is 4.09. The maximum absolute atomic E-state index is 11.5. The molecule has 5 nitrogen and oxygen atoms in total. The van der Waals surface area contributed by atoms with Crippen LogP contribution >= 0.6 is 0 Å². The number of hydrogen-bond acceptors (Lipinski definition) is 5. The fraction of sp³-hybridized carbons (Fsp3) is 0.353. The Kier molecular flexibility index (Phi) is 4.44. The van der Waals surface area contributed by atoms with Crippen LogP contribution in [0.2, 0.25) is 0 Å². The fourth-order valence-corrected chi connectivity index (χ4v) is 2.90. The molecule has 0 aliphatic carbocycles. The van der Waals surface area contributed by atoms with Crippen LogP contribution < -0.4 is 5.32 Å². The topological polar surface area (TPSA) is 64.1 Å². The van der Waals surface area contributed by atoms with Gasteiger partial charge in [0.1, 0.15) is 5.82 Å². The summed E-state index contributed by atoms with van der Waals surface area (Å²) in [6.45, 7) is 0.937. The van der Waals surface area contributed by atoms with E-state index >= 15 is 0 Å². The molecule has 0 bridgehead atoms. The lowest BCUT2D eigenvalue weighted by Crippen LogP contribution is -2.31. The molecule has 22 heavy (non-hydrogen) atoms. The van der Waals surface area contributed by atoms with Crippen molar-refractivity contribution in [2.75, 3.05) is 13.7 Å². The van der Waals surface area contributed by atoms with Crippen molar-refractivity contribution in [3.8, 4) is 0 Å². The normalized spacial score (nSPS) is 21.3. The SMILES string of the molecule is COC(=O)c1ccc([C@@H]2CC(c3ncccn3)CCN2)cc1. The van der Waals surface area contributed by atoms with Crippen LogP contribution in [0.25, 0.3) is 0 Å². The van der Waals surface area contributed by atoms with E-state index in [9.17, 15) is 4.79 Å². The maximum atomic E-state index is 11.5. The molecule has 5 heteroatoms. The summed E-state index contributed by atoms with van der Waals surface area (Å²) in [7, 11) is 1.39. The van der Waals surface area contributed by atoms with E-state index in [0.717, 1.165) is 25.2 Å². The number of benzene rings is 1. The average molecular weight is 297 g/mol. The lowest BCUT2D eigenvalue weighted by atomic mass is 9.88. The van der Waals surface area contributed by atoms with Crippen LogP contribution in [-0.2, 0) is 4.74 Å². The number of ether oxygens (including phenoxy) is 1. The molecule has 2 aromatic rings. The highest BCUT2D eigenvalue weighted by atomic mass is 16.5. The summed E-state index contributed by atoms with van der Waals surface area (Å²) in [5.74, 6) is 0.978. The molecule has 1 aromatic carbocycles. The van der Waals surface area contributed by atoms with Crippen LogP contribution in [0.4, 0.5) is 0 Å². The first kappa shape index (κ1) is 14.7. The van der Waals surface area contributed by atoms with Gasteiger partial charge in [-0.15, -0.1) is 0 Å². The van der Waals surface area contributed by atoms with Crippen molar-refractivity contribution in [3.63, 3.8) is 0 Å². The summed E-state index contributed by atoms with van der Waals surface area (Å²) in [6, 6.07) is 9.69. The number of esters is 1. The number of hydrogen-bond donors (Lipinski definition) is 1. The average Bonchev–Trinajstić information content (AvgIpc) is 2.62. The van der Waals surface area contributed by atoms with Crippen molar-refractivity contribution < 1.29 is 9.53 Å². The Balaban J connectivity index is 1.73. The van der Waals surface area contributed by atoms with E-state index in [1.807, 2.05) is 30.3 Å². The molecule has 1 fully saturated rings. The molecule has 114 valence electrons. The lowest BCUT2D eigenvalue weighted by molar-refractivity contribution is 0.0600. The van der Waals surface area contributed by atoms with Crippen LogP contribution in [0.1, 0.15) is 46.5 Å². The Labute approximate surface area is 129 Å². The Morgan fingerprint density at radius 1 is 1.23 bits per heavy atom. The van der Waals surface area contributed by atoms with E-state index in [1.165, 1.54) is 12.7 Å². The van der Waals surface area contributed by atoms with E-state index in [4.69, 9.17) is 4.74 Å². The van der Waals surface area contributed by atoms with E-state index in [2.05, 4.69) is 15.3 Å². The molecule has 2 atom stereocenters. The second kappa shape index (κ2) is 6.66. The molecule has 1 saturated heterocycles. The van der Waals surface area contributed by atoms with Gasteiger partial charge in [-0.25, -0.2) is 14.8 Å². The van der Waals surface area contributed by atoms with Gasteiger partial charge >= 0.3 is 5.97 Å². The van der Waals surface area contributed by atoms with E-state index in [0.29, 0.717) is 11.5 Å². The molecular weight excluding hydrogens is 278 g/mol. The van der Waals surface area contributed by atoms with Gasteiger partial charge in [0.2, 0.25) is 0 Å². The minimum absolute atomic E-state index is 0.259. The van der Waals surface area contributed by atoms with E-state index in [1.54, 1.807) is 12.4 Å². The first-order chi connectivity index (χ1) is 10.8. The molecule has 0 spiro atoms. The minimum atomic E-state index is -0.307. The predicted octanol–water partition coefficient (Wildman–Crippen LogP) is 2.47. The molecule has 1 aliphatic rings. The van der Waals surface area contributed by atoms with Gasteiger partial charge in [-0.1, -0.05) is 12.1 Å². The van der Waals surface area contributed by atoms with Crippen molar-refractivity contribution in [3.05, 3.63) is 59.7 Å². The molecule has 1 N–H and O–H groups in total. The Bertz CT molecular complexity index is 628. The zero-order chi connectivity index (χ0) is 15.4. The second-order valence-corrected chi connectivity index (χ2v) is 5.45. The van der Waals surface area contributed by atoms with Gasteiger partial charge in [0, 0.05) is 24.4 Å². The summed E-state index contributed by atoms with van der Waals surface area (Å²) < 4.78 is 4.73. The number of nitrogens with zero attached hydrogens (tertiary/aromatic N) is 2. The van der Waals surface area contributed by atoms with Gasteiger partial charge in [0.05, 0.1) is 12.7 Å². The molecule has 1 unspecified atom stereocenters. The van der Waals surface area contributed by atoms with Crippen LogP contribution in [0.5, 0.6) is 0 Å². The molecule has 1 aromatic heterocycles. The number of methoxy groups -OCH3 is 1. The van der Waals surface area contributed by atoms with Gasteiger partial charge in [-0.3, -0.25) is 0 Å². The van der Waals surface area contributed by atoms with Crippen LogP contribution in [0, 0.1) is 0 Å². The van der Waals surface area contributed by atoms with Crippen LogP contribution in [0.15, 0.2) is 42.7 Å². The van der Waals surface area contributed by atoms with Crippen LogP contribution in [0.3, 0.4) is 0 Å². The monoisotopic (exact) mass is 297 g/mol. The molecule has 0 saturated carbocycles. The predicted molar refractivity (Wildman–Crippen MR) is 82.5 cm³/mol. The summed E-state index contributed by atoms with van der Waals surface area (Å²) in [5.41, 5.74) is 1.75. The quantitative estimate of drug-likeness (QED) is 0.882. The standard InChI is InChI=1S/C17H19N3O2/c1-22-17(21)13-5-3-12(4-6-13)15-11-14(7-10-18-15)16-19-8-2-9-20-16/h2-6,8-9,14-15,18H,7,10-11H2,1H3/t14?,15-/m0/s1. The summed E-state index contributed by atoms with van der Waals surface area (Å²) in [4.78, 5) is 20.2. The van der Waals surface area contributed by atoms with Crippen molar-refractivity contribution in [2.45, 2.75) is 24.8 Å². The van der Waals surface area contributed by atoms with Crippen LogP contribution in [-0.4, -0.2) is 29.6 Å². The minimum Gasteiger partial charge on any atom is -0.465 e. The number of aromatic nitrogens is 2. The van der Waals surface area contributed by atoms with Crippen molar-refractivity contribution >= 4 is 5.97 Å². The number of rotatable bonds is 3. The Morgan fingerprint density at radius 2 is 1.95 bits per heavy atom. The molecular formula is C17H19N3O2. The fourth-order valence-electron chi connectivity index (χ4n) is 2.90. The highest BCUT2D eigenvalue weighted by Gasteiger charge is 2.25. The number of carbonyl (C=O) groups is 1. The summed E-state index contributed by atoms with van der Waals surface area (Å²) in [6.07, 6.45) is 5.59. The third-order valence-corrected chi connectivity index (χ3v) is 4.09. The Hall–Kier alpha value is -2.27. The summed E-state index contributed by atoms with van der Waals surface area (Å²) in [5, 5.41) is 3.53. The third kappa shape index (κ3) is 3.14. The lowest BCUT2D eigenvalue weighted by Gasteiger charge is -2.29. The van der Waals surface area contributed by atoms with Gasteiger partial charge in [-0.2, -0.15) is 0 Å². The molecule has 1 aliphatic heterocycles. The first-order valence-electron chi connectivity index (χ1n) is 7.46. The van der Waals surface area contributed by atoms with E-state index < -0.39 is 0 Å². The molecule has 0 amide bonds. The van der Waals surface area contributed by atoms with Gasteiger partial charge in [0.25, 0.3) is 0 Å². The van der Waals surface area contributed by atoms with Gasteiger partial charge < -0.3 is 10.1 Å². The largest absolute Gasteiger partial charge is 0.465 e. The zero-order valence-corrected chi connectivity index (χ0v) is 12.5. The number of carbonyl (C=O) groups excluding carboxylic acids is 1. The zero-order valence-electron chi connectivity index (χ0n) is 12.5. The van der Waals surface area contributed by atoms with Gasteiger partial charge in [0.15, 0.2) is 0 Å². The number of nitrogens with one attached hydrogen (secondary N) is 1. The smallest absolute Gasteiger partial charge is 0.337 e. The summed E-state index contributed by atoms with van der Waals surface area (Å²) >= 11 is 0. The molecule has 2 heterocycles. The highest BCUT2D eigenvalue weighted by Crippen LogP contribution is 2.32. The Morgan fingerprint density at radius 3 is 2.64 bits per heavy atom. The van der Waals surface area contributed by atoms with E-state index in [-0.39, 0.29) is 12.0 Å². The number of piperidine rings is 1. The first-order valence-corrected chi connectivity index (χ1v) is 7.46. The second-order valence-electron chi connectivity index (χ2n) is 5.45. The molecule has 0 radical (unpaired) electrons. The maximum Gasteiger partial charge on any atom is 0.337 e. The van der Waals surface area contributed by atoms with Crippen molar-refractivity contribution in [1.29, 1.82) is 0 Å².